The van der Waals surface area contributed by atoms with Gasteiger partial charge in [-0.3, -0.25) is 5.32 Å². The molecular weight excluding hydrogens is 386 g/mol. The number of hydrogen-bond donors (Lipinski definition) is 2. The Balaban J connectivity index is 2.02. The average Bonchev–Trinajstić information content (AvgIpc) is 2.63. The Labute approximate surface area is 171 Å². The van der Waals surface area contributed by atoms with Gasteiger partial charge in [0, 0.05) is 17.1 Å². The third kappa shape index (κ3) is 5.39. The van der Waals surface area contributed by atoms with Gasteiger partial charge in [-0.2, -0.15) is 8.42 Å². The van der Waals surface area contributed by atoms with Crippen molar-refractivity contribution in [3.05, 3.63) is 77.1 Å². The van der Waals surface area contributed by atoms with Crippen LogP contribution in [0.2, 0.25) is 0 Å². The Bertz CT molecular complexity index is 1140. The van der Waals surface area contributed by atoms with Gasteiger partial charge >= 0.3 is 0 Å². The lowest BCUT2D eigenvalue weighted by molar-refractivity contribution is 0.598. The monoisotopic (exact) mass is 409 g/mol. The first-order chi connectivity index (χ1) is 13.7. The van der Waals surface area contributed by atoms with E-state index in [4.69, 9.17) is 0 Å². The number of benzene rings is 2. The Hall–Kier alpha value is -3.26. The highest BCUT2D eigenvalue weighted by Crippen LogP contribution is 2.17. The fourth-order valence-corrected chi connectivity index (χ4v) is 3.61. The van der Waals surface area contributed by atoms with Gasteiger partial charge in [0.15, 0.2) is 0 Å². The summed E-state index contributed by atoms with van der Waals surface area (Å²) in [6.45, 7) is 7.49. The summed E-state index contributed by atoms with van der Waals surface area (Å²) >= 11 is 0. The summed E-state index contributed by atoms with van der Waals surface area (Å²) in [4.78, 5) is 8.74. The standard InChI is InChI=1S/C21H23N5O2S/c1-14-9-11-18(12-10-14)29(27,28)26-21(24-19-8-6-5-7-15(19)2)25-20-22-16(3)13-17(4)23-20/h5-13H,1-4H3,(H2,22,23,24,25,26). The Morgan fingerprint density at radius 3 is 2.10 bits per heavy atom. The predicted molar refractivity (Wildman–Crippen MR) is 116 cm³/mol. The van der Waals surface area contributed by atoms with E-state index in [9.17, 15) is 8.42 Å². The number of nitrogens with one attached hydrogen (secondary N) is 2. The summed E-state index contributed by atoms with van der Waals surface area (Å²) in [6, 6.07) is 15.9. The maximum atomic E-state index is 12.8. The maximum Gasteiger partial charge on any atom is 0.285 e. The summed E-state index contributed by atoms with van der Waals surface area (Å²) in [7, 11) is -3.94. The molecule has 1 heterocycles. The molecule has 0 fully saturated rings. The van der Waals surface area contributed by atoms with Crippen molar-refractivity contribution in [2.75, 3.05) is 10.6 Å². The summed E-state index contributed by atoms with van der Waals surface area (Å²) in [5.74, 6) is 0.284. The van der Waals surface area contributed by atoms with Crippen molar-refractivity contribution in [3.8, 4) is 0 Å². The van der Waals surface area contributed by atoms with Gasteiger partial charge in [-0.15, -0.1) is 4.40 Å². The van der Waals surface area contributed by atoms with E-state index in [0.717, 1.165) is 28.2 Å². The molecule has 3 aromatic rings. The molecule has 0 amide bonds. The zero-order chi connectivity index (χ0) is 21.0. The first-order valence-electron chi connectivity index (χ1n) is 9.06. The molecule has 0 aliphatic rings. The van der Waals surface area contributed by atoms with Crippen molar-refractivity contribution >= 4 is 27.6 Å². The number of nitrogens with zero attached hydrogens (tertiary/aromatic N) is 3. The van der Waals surface area contributed by atoms with Gasteiger partial charge in [-0.05, 0) is 57.5 Å². The van der Waals surface area contributed by atoms with Crippen molar-refractivity contribution in [1.82, 2.24) is 9.97 Å². The molecule has 0 unspecified atom stereocenters. The summed E-state index contributed by atoms with van der Waals surface area (Å²) in [5.41, 5.74) is 4.15. The van der Waals surface area contributed by atoms with Crippen LogP contribution in [-0.2, 0) is 10.0 Å². The lowest BCUT2D eigenvalue weighted by Crippen LogP contribution is -2.25. The van der Waals surface area contributed by atoms with Crippen LogP contribution in [0, 0.1) is 27.7 Å². The average molecular weight is 410 g/mol. The minimum Gasteiger partial charge on any atom is -0.325 e. The molecule has 0 radical (unpaired) electrons. The summed E-state index contributed by atoms with van der Waals surface area (Å²) < 4.78 is 29.7. The molecule has 1 aromatic heterocycles. The van der Waals surface area contributed by atoms with Crippen LogP contribution in [-0.4, -0.2) is 24.3 Å². The van der Waals surface area contributed by atoms with E-state index in [2.05, 4.69) is 25.0 Å². The zero-order valence-corrected chi connectivity index (χ0v) is 17.6. The van der Waals surface area contributed by atoms with Crippen LogP contribution in [0.15, 0.2) is 63.9 Å². The third-order valence-electron chi connectivity index (χ3n) is 4.14. The van der Waals surface area contributed by atoms with Gasteiger partial charge in [-0.25, -0.2) is 9.97 Å². The van der Waals surface area contributed by atoms with Crippen LogP contribution in [0.25, 0.3) is 0 Å². The Kier molecular flexibility index (Phi) is 5.93. The van der Waals surface area contributed by atoms with E-state index >= 15 is 0 Å². The molecule has 8 heteroatoms. The molecule has 2 N–H and O–H groups in total. The normalized spacial score (nSPS) is 11.9. The van der Waals surface area contributed by atoms with Crippen LogP contribution in [0.4, 0.5) is 11.6 Å². The van der Waals surface area contributed by atoms with Crippen LogP contribution >= 0.6 is 0 Å². The van der Waals surface area contributed by atoms with Gasteiger partial charge in [-0.1, -0.05) is 35.9 Å². The molecule has 0 atom stereocenters. The fraction of sp³-hybridized carbons (Fsp3) is 0.190. The first-order valence-corrected chi connectivity index (χ1v) is 10.5. The second kappa shape index (κ2) is 8.40. The van der Waals surface area contributed by atoms with Crippen LogP contribution < -0.4 is 10.6 Å². The molecule has 0 bridgehead atoms. The van der Waals surface area contributed by atoms with Crippen molar-refractivity contribution < 1.29 is 8.42 Å². The number of anilines is 2. The number of aromatic nitrogens is 2. The van der Waals surface area contributed by atoms with Crippen molar-refractivity contribution in [1.29, 1.82) is 0 Å². The molecule has 0 saturated carbocycles. The maximum absolute atomic E-state index is 12.8. The Morgan fingerprint density at radius 1 is 0.862 bits per heavy atom. The molecular formula is C21H23N5O2S. The number of sulfonamides is 1. The van der Waals surface area contributed by atoms with E-state index in [0.29, 0.717) is 0 Å². The zero-order valence-electron chi connectivity index (χ0n) is 16.8. The molecule has 0 spiro atoms. The first kappa shape index (κ1) is 20.5. The van der Waals surface area contributed by atoms with Gasteiger partial charge in [0.25, 0.3) is 10.0 Å². The number of rotatable bonds is 4. The molecule has 0 saturated heterocycles. The van der Waals surface area contributed by atoms with E-state index < -0.39 is 10.0 Å². The molecule has 0 aliphatic heterocycles. The SMILES string of the molecule is Cc1ccc(S(=O)(=O)N=C(Nc2nc(C)cc(C)n2)Nc2ccccc2C)cc1. The lowest BCUT2D eigenvalue weighted by atomic mass is 10.2. The Morgan fingerprint density at radius 2 is 1.48 bits per heavy atom. The highest BCUT2D eigenvalue weighted by Gasteiger charge is 2.16. The van der Waals surface area contributed by atoms with Gasteiger partial charge in [0.2, 0.25) is 11.9 Å². The predicted octanol–water partition coefficient (Wildman–Crippen LogP) is 3.98. The largest absolute Gasteiger partial charge is 0.325 e. The fourth-order valence-electron chi connectivity index (χ4n) is 2.69. The molecule has 0 aliphatic carbocycles. The topological polar surface area (TPSA) is 96.3 Å². The van der Waals surface area contributed by atoms with Crippen LogP contribution in [0.3, 0.4) is 0 Å². The van der Waals surface area contributed by atoms with Crippen molar-refractivity contribution in [3.63, 3.8) is 0 Å². The minimum atomic E-state index is -3.94. The third-order valence-corrected chi connectivity index (χ3v) is 5.43. The minimum absolute atomic E-state index is 0.0184. The second-order valence-electron chi connectivity index (χ2n) is 6.77. The summed E-state index contributed by atoms with van der Waals surface area (Å²) in [6.07, 6.45) is 0. The number of guanidine groups is 1. The summed E-state index contributed by atoms with van der Waals surface area (Å²) in [5, 5.41) is 5.96. The second-order valence-corrected chi connectivity index (χ2v) is 8.37. The molecule has 150 valence electrons. The van der Waals surface area contributed by atoms with Gasteiger partial charge in [0.1, 0.15) is 0 Å². The lowest BCUT2D eigenvalue weighted by Gasteiger charge is -2.14. The quantitative estimate of drug-likeness (QED) is 0.500. The van der Waals surface area contributed by atoms with Crippen LogP contribution in [0.1, 0.15) is 22.5 Å². The highest BCUT2D eigenvalue weighted by molar-refractivity contribution is 7.90. The molecule has 2 aromatic carbocycles. The number of para-hydroxylation sites is 1. The van der Waals surface area contributed by atoms with Gasteiger partial charge < -0.3 is 5.32 Å². The molecule has 7 nitrogen and oxygen atoms in total. The van der Waals surface area contributed by atoms with Crippen LogP contribution in [0.5, 0.6) is 0 Å². The number of aryl methyl sites for hydroxylation is 4. The van der Waals surface area contributed by atoms with E-state index in [1.807, 2.05) is 58.0 Å². The van der Waals surface area contributed by atoms with Gasteiger partial charge in [0.05, 0.1) is 4.90 Å². The van der Waals surface area contributed by atoms with E-state index in [-0.39, 0.29) is 16.8 Å². The molecule has 29 heavy (non-hydrogen) atoms. The smallest absolute Gasteiger partial charge is 0.285 e. The van der Waals surface area contributed by atoms with E-state index in [1.54, 1.807) is 12.1 Å². The molecule has 3 rings (SSSR count). The number of hydrogen-bond acceptors (Lipinski definition) is 4. The van der Waals surface area contributed by atoms with Crippen molar-refractivity contribution in [2.45, 2.75) is 32.6 Å². The highest BCUT2D eigenvalue weighted by atomic mass is 32.2. The van der Waals surface area contributed by atoms with Crippen molar-refractivity contribution in [2.24, 2.45) is 4.40 Å². The van der Waals surface area contributed by atoms with E-state index in [1.165, 1.54) is 12.1 Å².